The van der Waals surface area contributed by atoms with Crippen LogP contribution >= 0.6 is 22.6 Å². The Morgan fingerprint density at radius 3 is 3.00 bits per heavy atom. The minimum atomic E-state index is -0.0680. The highest BCUT2D eigenvalue weighted by Crippen LogP contribution is 2.26. The molecular formula is C11H16IN3O. The summed E-state index contributed by atoms with van der Waals surface area (Å²) in [6.07, 6.45) is 6.48. The Morgan fingerprint density at radius 1 is 1.50 bits per heavy atom. The predicted molar refractivity (Wildman–Crippen MR) is 72.6 cm³/mol. The van der Waals surface area contributed by atoms with Crippen LogP contribution in [0.5, 0.6) is 0 Å². The molecule has 2 N–H and O–H groups in total. The zero-order chi connectivity index (χ0) is 11.5. The lowest BCUT2D eigenvalue weighted by Gasteiger charge is -2.30. The molecule has 0 spiro atoms. The molecule has 2 atom stereocenters. The number of anilines is 1. The van der Waals surface area contributed by atoms with Crippen molar-refractivity contribution in [2.75, 3.05) is 5.32 Å². The SMILES string of the molecule is CC1CCCCC1Nc1nc[nH]c(=O)c1I. The molecule has 1 heterocycles. The Balaban J connectivity index is 2.14. The number of nitrogens with zero attached hydrogens (tertiary/aromatic N) is 1. The predicted octanol–water partition coefficient (Wildman–Crippen LogP) is 2.37. The number of aromatic nitrogens is 2. The van der Waals surface area contributed by atoms with Gasteiger partial charge in [-0.05, 0) is 41.4 Å². The van der Waals surface area contributed by atoms with E-state index in [0.29, 0.717) is 15.5 Å². The molecule has 1 fully saturated rings. The molecule has 0 saturated heterocycles. The second-order valence-corrected chi connectivity index (χ2v) is 5.49. The summed E-state index contributed by atoms with van der Waals surface area (Å²) >= 11 is 2.04. The molecule has 0 aromatic carbocycles. The minimum absolute atomic E-state index is 0.0680. The fourth-order valence-electron chi connectivity index (χ4n) is 2.19. The monoisotopic (exact) mass is 333 g/mol. The van der Waals surface area contributed by atoms with Gasteiger partial charge in [-0.3, -0.25) is 4.79 Å². The fourth-order valence-corrected chi connectivity index (χ4v) is 2.64. The van der Waals surface area contributed by atoms with Crippen LogP contribution in [0.1, 0.15) is 32.6 Å². The molecule has 1 saturated carbocycles. The summed E-state index contributed by atoms with van der Waals surface area (Å²) in [5.74, 6) is 1.38. The van der Waals surface area contributed by atoms with Gasteiger partial charge in [-0.1, -0.05) is 19.8 Å². The quantitative estimate of drug-likeness (QED) is 0.817. The van der Waals surface area contributed by atoms with E-state index < -0.39 is 0 Å². The molecule has 0 radical (unpaired) electrons. The molecular weight excluding hydrogens is 317 g/mol. The van der Waals surface area contributed by atoms with E-state index in [0.717, 1.165) is 5.82 Å². The summed E-state index contributed by atoms with van der Waals surface area (Å²) in [4.78, 5) is 18.2. The first-order valence-corrected chi connectivity index (χ1v) is 6.76. The molecule has 88 valence electrons. The van der Waals surface area contributed by atoms with Crippen molar-refractivity contribution >= 4 is 28.4 Å². The van der Waals surface area contributed by atoms with Crippen LogP contribution in [0.4, 0.5) is 5.82 Å². The molecule has 0 bridgehead atoms. The number of H-pyrrole nitrogens is 1. The van der Waals surface area contributed by atoms with E-state index in [-0.39, 0.29) is 5.56 Å². The summed E-state index contributed by atoms with van der Waals surface area (Å²) in [7, 11) is 0. The number of rotatable bonds is 2. The summed E-state index contributed by atoms with van der Waals surface area (Å²) in [6.45, 7) is 2.26. The highest BCUT2D eigenvalue weighted by Gasteiger charge is 2.22. The number of halogens is 1. The molecule has 1 aliphatic rings. The van der Waals surface area contributed by atoms with E-state index >= 15 is 0 Å². The van der Waals surface area contributed by atoms with Crippen LogP contribution in [0.25, 0.3) is 0 Å². The van der Waals surface area contributed by atoms with E-state index in [2.05, 4.69) is 22.2 Å². The van der Waals surface area contributed by atoms with Crippen molar-refractivity contribution in [1.29, 1.82) is 0 Å². The molecule has 0 amide bonds. The van der Waals surface area contributed by atoms with Crippen LogP contribution in [0.15, 0.2) is 11.1 Å². The minimum Gasteiger partial charge on any atom is -0.366 e. The van der Waals surface area contributed by atoms with Crippen LogP contribution < -0.4 is 10.9 Å². The van der Waals surface area contributed by atoms with Gasteiger partial charge in [0, 0.05) is 6.04 Å². The number of hydrogen-bond donors (Lipinski definition) is 2. The average Bonchev–Trinajstić information content (AvgIpc) is 2.28. The van der Waals surface area contributed by atoms with Crippen molar-refractivity contribution < 1.29 is 0 Å². The van der Waals surface area contributed by atoms with Crippen molar-refractivity contribution in [2.24, 2.45) is 5.92 Å². The number of aromatic amines is 1. The van der Waals surface area contributed by atoms with E-state index in [9.17, 15) is 4.79 Å². The van der Waals surface area contributed by atoms with Crippen molar-refractivity contribution in [3.8, 4) is 0 Å². The second-order valence-electron chi connectivity index (χ2n) is 4.41. The van der Waals surface area contributed by atoms with Gasteiger partial charge in [-0.2, -0.15) is 0 Å². The first-order valence-electron chi connectivity index (χ1n) is 5.68. The van der Waals surface area contributed by atoms with E-state index in [1.165, 1.54) is 32.0 Å². The van der Waals surface area contributed by atoms with E-state index in [4.69, 9.17) is 0 Å². The van der Waals surface area contributed by atoms with Crippen LogP contribution in [-0.4, -0.2) is 16.0 Å². The van der Waals surface area contributed by atoms with Gasteiger partial charge in [0.2, 0.25) is 0 Å². The van der Waals surface area contributed by atoms with Crippen LogP contribution in [0, 0.1) is 9.49 Å². The Labute approximate surface area is 108 Å². The van der Waals surface area contributed by atoms with Crippen molar-refractivity contribution in [3.63, 3.8) is 0 Å². The van der Waals surface area contributed by atoms with Gasteiger partial charge >= 0.3 is 0 Å². The van der Waals surface area contributed by atoms with Crippen LogP contribution in [-0.2, 0) is 0 Å². The maximum Gasteiger partial charge on any atom is 0.266 e. The Kier molecular flexibility index (Phi) is 3.83. The van der Waals surface area contributed by atoms with Gasteiger partial charge in [-0.25, -0.2) is 4.98 Å². The first-order chi connectivity index (χ1) is 7.68. The molecule has 2 unspecified atom stereocenters. The highest BCUT2D eigenvalue weighted by atomic mass is 127. The summed E-state index contributed by atoms with van der Waals surface area (Å²) in [5.41, 5.74) is -0.0680. The third-order valence-electron chi connectivity index (χ3n) is 3.23. The first kappa shape index (κ1) is 11.9. The molecule has 16 heavy (non-hydrogen) atoms. The Bertz CT molecular complexity index is 418. The van der Waals surface area contributed by atoms with Gasteiger partial charge in [0.05, 0.1) is 6.33 Å². The van der Waals surface area contributed by atoms with Gasteiger partial charge in [0.15, 0.2) is 0 Å². The molecule has 0 aliphatic heterocycles. The van der Waals surface area contributed by atoms with E-state index in [1.807, 2.05) is 22.6 Å². The number of nitrogens with one attached hydrogen (secondary N) is 2. The molecule has 2 rings (SSSR count). The van der Waals surface area contributed by atoms with Crippen LogP contribution in [0.2, 0.25) is 0 Å². The molecule has 1 aromatic rings. The third kappa shape index (κ3) is 2.56. The van der Waals surface area contributed by atoms with Crippen molar-refractivity contribution in [1.82, 2.24) is 9.97 Å². The van der Waals surface area contributed by atoms with Crippen LogP contribution in [0.3, 0.4) is 0 Å². The smallest absolute Gasteiger partial charge is 0.266 e. The lowest BCUT2D eigenvalue weighted by atomic mass is 9.86. The third-order valence-corrected chi connectivity index (χ3v) is 4.23. The maximum atomic E-state index is 11.4. The van der Waals surface area contributed by atoms with Gasteiger partial charge in [0.1, 0.15) is 9.39 Å². The largest absolute Gasteiger partial charge is 0.366 e. The molecule has 1 aliphatic carbocycles. The maximum absolute atomic E-state index is 11.4. The second kappa shape index (κ2) is 5.16. The van der Waals surface area contributed by atoms with Gasteiger partial charge in [-0.15, -0.1) is 0 Å². The highest BCUT2D eigenvalue weighted by molar-refractivity contribution is 14.1. The summed E-state index contributed by atoms with van der Waals surface area (Å²) < 4.78 is 0.651. The lowest BCUT2D eigenvalue weighted by Crippen LogP contribution is -2.32. The molecule has 5 heteroatoms. The fraction of sp³-hybridized carbons (Fsp3) is 0.636. The molecule has 1 aromatic heterocycles. The lowest BCUT2D eigenvalue weighted by molar-refractivity contribution is 0.349. The van der Waals surface area contributed by atoms with Gasteiger partial charge in [0.25, 0.3) is 5.56 Å². The standard InChI is InChI=1S/C11H16IN3O/c1-7-4-2-3-5-8(7)15-10-9(12)11(16)14-6-13-10/h6-8H,2-5H2,1H3,(H2,13,14,15,16). The van der Waals surface area contributed by atoms with E-state index in [1.54, 1.807) is 0 Å². The number of hydrogen-bond acceptors (Lipinski definition) is 3. The topological polar surface area (TPSA) is 57.8 Å². The molecule has 4 nitrogen and oxygen atoms in total. The Morgan fingerprint density at radius 2 is 2.25 bits per heavy atom. The van der Waals surface area contributed by atoms with Gasteiger partial charge < -0.3 is 10.3 Å². The summed E-state index contributed by atoms with van der Waals surface area (Å²) in [6, 6.07) is 0.455. The summed E-state index contributed by atoms with van der Waals surface area (Å²) in [5, 5.41) is 3.40. The van der Waals surface area contributed by atoms with Crippen molar-refractivity contribution in [3.05, 3.63) is 20.3 Å². The average molecular weight is 333 g/mol. The Hall–Kier alpha value is -0.590. The normalized spacial score (nSPS) is 25.4. The van der Waals surface area contributed by atoms with Crippen molar-refractivity contribution in [2.45, 2.75) is 38.6 Å². The zero-order valence-corrected chi connectivity index (χ0v) is 11.5. The zero-order valence-electron chi connectivity index (χ0n) is 9.29.